The number of aromatic nitrogens is 2. The molecule has 58 heavy (non-hydrogen) atoms. The summed E-state index contributed by atoms with van der Waals surface area (Å²) in [6.45, 7) is 5.76. The largest absolute Gasteiger partial charge is 0.744 e. The third kappa shape index (κ3) is 12.0. The Morgan fingerprint density at radius 1 is 0.534 bits per heavy atom. The van der Waals surface area contributed by atoms with Crippen LogP contribution in [0.4, 0.5) is 28.4 Å². The molecule has 0 bridgehead atoms. The molecule has 0 unspecified atom stereocenters. The van der Waals surface area contributed by atoms with Crippen LogP contribution in [-0.2, 0) is 34.3 Å². The third-order valence-corrected chi connectivity index (χ3v) is 10.5. The normalized spacial score (nSPS) is 11.0. The van der Waals surface area contributed by atoms with Crippen molar-refractivity contribution in [2.24, 2.45) is 14.1 Å². The van der Waals surface area contributed by atoms with E-state index in [4.69, 9.17) is 0 Å². The molecule has 3 N–H and O–H groups in total. The van der Waals surface area contributed by atoms with Crippen LogP contribution in [0.2, 0.25) is 0 Å². The lowest BCUT2D eigenvalue weighted by Crippen LogP contribution is -2.29. The number of hydrogen-bond donors (Lipinski definition) is 3. The van der Waals surface area contributed by atoms with Gasteiger partial charge in [-0.3, -0.25) is 4.79 Å². The van der Waals surface area contributed by atoms with Crippen LogP contribution >= 0.6 is 0 Å². The quantitative estimate of drug-likeness (QED) is 0.105. The molecule has 2 heterocycles. The number of nitrogens with zero attached hydrogens (tertiary/aromatic N) is 2. The maximum atomic E-state index is 12.8. The fourth-order valence-corrected chi connectivity index (χ4v) is 6.60. The number of amides is 1. The molecule has 0 radical (unpaired) electrons. The highest BCUT2D eigenvalue weighted by Crippen LogP contribution is 2.26. The van der Waals surface area contributed by atoms with Crippen LogP contribution in [0.25, 0.3) is 10.9 Å². The number of aryl methyl sites for hydroxylation is 5. The Kier molecular flexibility index (Phi) is 13.7. The molecule has 0 saturated carbocycles. The Morgan fingerprint density at radius 2 is 1.00 bits per heavy atom. The van der Waals surface area contributed by atoms with Gasteiger partial charge in [-0.1, -0.05) is 47.5 Å². The van der Waals surface area contributed by atoms with Gasteiger partial charge >= 0.3 is 0 Å². The summed E-state index contributed by atoms with van der Waals surface area (Å²) in [6.07, 6.45) is 6.03. The zero-order valence-electron chi connectivity index (χ0n) is 32.5. The first-order chi connectivity index (χ1) is 27.5. The Labute approximate surface area is 339 Å². The predicted octanol–water partition coefficient (Wildman–Crippen LogP) is 7.33. The van der Waals surface area contributed by atoms with Crippen LogP contribution in [0.1, 0.15) is 27.0 Å². The SMILES string of the molecule is Cc1ccc(S(=O)(=O)[O-])cc1.Cc1ccc(S(=O)(=O)[O-])cc1.Cc1cccc2c(Nc3ccc(C(=O)Nc4ccc(Nc5cc[n+](C)cc5)cc4)cc3)cc[n+](C)c12. The molecule has 2 aromatic heterocycles. The molecular formula is C44H43N5O7S2. The average Bonchev–Trinajstić information content (AvgIpc) is 3.18. The second-order valence-corrected chi connectivity index (χ2v) is 16.2. The monoisotopic (exact) mass is 817 g/mol. The summed E-state index contributed by atoms with van der Waals surface area (Å²) in [5, 5.41) is 11.0. The summed E-state index contributed by atoms with van der Waals surface area (Å²) < 4.78 is 66.4. The van der Waals surface area contributed by atoms with E-state index in [0.717, 1.165) is 45.0 Å². The van der Waals surface area contributed by atoms with Crippen molar-refractivity contribution in [3.05, 3.63) is 174 Å². The van der Waals surface area contributed by atoms with Gasteiger partial charge < -0.3 is 25.1 Å². The van der Waals surface area contributed by atoms with Crippen LogP contribution in [0, 0.1) is 20.8 Å². The summed E-state index contributed by atoms with van der Waals surface area (Å²) in [7, 11) is -4.50. The summed E-state index contributed by atoms with van der Waals surface area (Å²) in [6, 6.07) is 39.2. The number of nitrogens with one attached hydrogen (secondary N) is 3. The van der Waals surface area contributed by atoms with Gasteiger partial charge in [-0.2, -0.15) is 0 Å². The van der Waals surface area contributed by atoms with Crippen molar-refractivity contribution in [3.8, 4) is 0 Å². The topological polar surface area (TPSA) is 175 Å². The van der Waals surface area contributed by atoms with Crippen molar-refractivity contribution in [1.29, 1.82) is 0 Å². The lowest BCUT2D eigenvalue weighted by molar-refractivity contribution is -0.671. The zero-order valence-corrected chi connectivity index (χ0v) is 34.1. The van der Waals surface area contributed by atoms with Gasteiger partial charge in [0.2, 0.25) is 5.52 Å². The standard InChI is InChI=1S/C30H27N5O.2C7H8O3S/c1-21-5-4-6-27-28(17-20-35(3)29(21)27)32-24-9-7-22(8-10-24)30(36)33-25-13-11-23(12-14-25)31-26-15-18-34(2)19-16-26;2*1-6-2-4-7(5-3-6)11(8,9)10/h4-20H,1-3H3,(H,33,36);2*2-5H,1H3,(H,8,9,10). The van der Waals surface area contributed by atoms with E-state index < -0.39 is 20.2 Å². The molecule has 1 amide bonds. The van der Waals surface area contributed by atoms with E-state index >= 15 is 0 Å². The van der Waals surface area contributed by atoms with E-state index in [-0.39, 0.29) is 15.7 Å². The summed E-state index contributed by atoms with van der Waals surface area (Å²) in [4.78, 5) is 12.4. The molecule has 14 heteroatoms. The minimum Gasteiger partial charge on any atom is -0.744 e. The highest BCUT2D eigenvalue weighted by atomic mass is 32.2. The number of rotatable bonds is 8. The average molecular weight is 818 g/mol. The van der Waals surface area contributed by atoms with Crippen molar-refractivity contribution in [2.45, 2.75) is 30.6 Å². The smallest absolute Gasteiger partial charge is 0.255 e. The summed E-state index contributed by atoms with van der Waals surface area (Å²) in [5.41, 5.74) is 9.53. The number of hydrogen-bond acceptors (Lipinski definition) is 9. The first-order valence-corrected chi connectivity index (χ1v) is 20.7. The molecule has 7 rings (SSSR count). The van der Waals surface area contributed by atoms with Crippen molar-refractivity contribution < 1.29 is 39.9 Å². The molecule has 12 nitrogen and oxygen atoms in total. The van der Waals surface area contributed by atoms with E-state index in [9.17, 15) is 30.7 Å². The third-order valence-electron chi connectivity index (χ3n) is 8.80. The number of para-hydroxylation sites is 1. The molecule has 298 valence electrons. The predicted molar refractivity (Wildman–Crippen MR) is 223 cm³/mol. The van der Waals surface area contributed by atoms with Crippen LogP contribution in [0.15, 0.2) is 162 Å². The van der Waals surface area contributed by atoms with Crippen LogP contribution in [0.3, 0.4) is 0 Å². The first-order valence-electron chi connectivity index (χ1n) is 17.9. The molecule has 0 saturated heterocycles. The van der Waals surface area contributed by atoms with Crippen LogP contribution in [0.5, 0.6) is 0 Å². The van der Waals surface area contributed by atoms with E-state index in [0.29, 0.717) is 5.56 Å². The van der Waals surface area contributed by atoms with Crippen LogP contribution in [-0.4, -0.2) is 31.8 Å². The molecule has 0 spiro atoms. The molecule has 0 aliphatic carbocycles. The highest BCUT2D eigenvalue weighted by molar-refractivity contribution is 7.86. The van der Waals surface area contributed by atoms with Crippen molar-refractivity contribution >= 4 is 65.5 Å². The fourth-order valence-electron chi connectivity index (χ4n) is 5.67. The second-order valence-electron chi connectivity index (χ2n) is 13.5. The molecule has 5 aromatic carbocycles. The molecule has 0 atom stereocenters. The number of carbonyl (C=O) groups is 1. The maximum absolute atomic E-state index is 12.8. The molecule has 0 aliphatic rings. The van der Waals surface area contributed by atoms with Gasteiger partial charge in [-0.25, -0.2) is 26.0 Å². The molecule has 7 aromatic rings. The number of benzene rings is 5. The minimum atomic E-state index is -4.27. The van der Waals surface area contributed by atoms with Gasteiger partial charge in [-0.15, -0.1) is 0 Å². The van der Waals surface area contributed by atoms with Gasteiger partial charge in [0.05, 0.1) is 26.6 Å². The van der Waals surface area contributed by atoms with Crippen molar-refractivity contribution in [1.82, 2.24) is 0 Å². The van der Waals surface area contributed by atoms with Gasteiger partial charge in [0, 0.05) is 46.4 Å². The van der Waals surface area contributed by atoms with Gasteiger partial charge in [0.25, 0.3) is 5.91 Å². The molecule has 0 aliphatic heterocycles. The number of fused-ring (bicyclic) bond motifs is 1. The van der Waals surface area contributed by atoms with E-state index in [1.54, 1.807) is 24.3 Å². The lowest BCUT2D eigenvalue weighted by Gasteiger charge is -2.11. The Hall–Kier alpha value is -6.45. The van der Waals surface area contributed by atoms with Gasteiger partial charge in [0.1, 0.15) is 34.3 Å². The van der Waals surface area contributed by atoms with Crippen molar-refractivity contribution in [3.63, 3.8) is 0 Å². The van der Waals surface area contributed by atoms with Gasteiger partial charge in [0.15, 0.2) is 18.6 Å². The number of carbonyl (C=O) groups excluding carboxylic acids is 1. The van der Waals surface area contributed by atoms with E-state index in [1.807, 2.05) is 98.5 Å². The Balaban J connectivity index is 0.000000236. The number of anilines is 5. The Morgan fingerprint density at radius 3 is 1.52 bits per heavy atom. The summed E-state index contributed by atoms with van der Waals surface area (Å²) in [5.74, 6) is -0.148. The highest BCUT2D eigenvalue weighted by Gasteiger charge is 2.13. The minimum absolute atomic E-state index is 0.148. The van der Waals surface area contributed by atoms with E-state index in [2.05, 4.69) is 65.0 Å². The van der Waals surface area contributed by atoms with Crippen molar-refractivity contribution in [2.75, 3.05) is 16.0 Å². The van der Waals surface area contributed by atoms with Crippen LogP contribution < -0.4 is 25.1 Å². The maximum Gasteiger partial charge on any atom is 0.255 e. The Bertz CT molecular complexity index is 2640. The molecule has 0 fully saturated rings. The zero-order chi connectivity index (χ0) is 42.0. The fraction of sp³-hybridized carbons (Fsp3) is 0.114. The van der Waals surface area contributed by atoms with Gasteiger partial charge in [-0.05, 0) is 99.6 Å². The summed E-state index contributed by atoms with van der Waals surface area (Å²) >= 11 is 0. The molecular weight excluding hydrogens is 775 g/mol. The first kappa shape index (κ1) is 42.7. The van der Waals surface area contributed by atoms with E-state index in [1.165, 1.54) is 35.3 Å². The second kappa shape index (κ2) is 18.7. The lowest BCUT2D eigenvalue weighted by atomic mass is 10.1. The number of pyridine rings is 2.